The van der Waals surface area contributed by atoms with Crippen molar-refractivity contribution < 1.29 is 21.9 Å². The Morgan fingerprint density at radius 2 is 2.00 bits per heavy atom. The summed E-state index contributed by atoms with van der Waals surface area (Å²) in [5, 5.41) is 3.50. The van der Waals surface area contributed by atoms with E-state index in [0.717, 1.165) is 37.2 Å². The zero-order valence-corrected chi connectivity index (χ0v) is 18.9. The Morgan fingerprint density at radius 1 is 1.26 bits per heavy atom. The Hall–Kier alpha value is -2.02. The molecule has 1 aliphatic rings. The van der Waals surface area contributed by atoms with Crippen LogP contribution in [0.15, 0.2) is 29.4 Å². The number of nitrogens with one attached hydrogen (secondary N) is 2. The molecule has 0 aliphatic carbocycles. The Kier molecular flexibility index (Phi) is 8.03. The minimum atomic E-state index is -3.81. The van der Waals surface area contributed by atoms with Gasteiger partial charge in [-0.25, -0.2) is 13.8 Å². The molecule has 0 spiro atoms. The number of thioether (sulfide) groups is 1. The van der Waals surface area contributed by atoms with Crippen molar-refractivity contribution in [3.8, 4) is 5.88 Å². The fourth-order valence-electron chi connectivity index (χ4n) is 3.21. The predicted molar refractivity (Wildman–Crippen MR) is 115 cm³/mol. The highest BCUT2D eigenvalue weighted by Gasteiger charge is 2.28. The molecule has 2 heterocycles. The minimum Gasteiger partial charge on any atom is -0.481 e. The number of hydrogen-bond acceptors (Lipinski definition) is 7. The highest BCUT2D eigenvalue weighted by molar-refractivity contribution is 7.98. The molecule has 1 fully saturated rings. The monoisotopic (exact) mass is 473 g/mol. The summed E-state index contributed by atoms with van der Waals surface area (Å²) in [7, 11) is -2.41. The lowest BCUT2D eigenvalue weighted by molar-refractivity contribution is 0.293. The first-order chi connectivity index (χ1) is 14.8. The van der Waals surface area contributed by atoms with Crippen LogP contribution in [-0.2, 0) is 16.0 Å². The lowest BCUT2D eigenvalue weighted by atomic mass is 10.1. The van der Waals surface area contributed by atoms with E-state index in [2.05, 4.69) is 20.0 Å². The van der Waals surface area contributed by atoms with Gasteiger partial charge in [-0.2, -0.15) is 17.7 Å². The number of methoxy groups -OCH3 is 1. The van der Waals surface area contributed by atoms with Crippen LogP contribution < -0.4 is 14.8 Å². The van der Waals surface area contributed by atoms with Crippen molar-refractivity contribution >= 4 is 27.8 Å². The van der Waals surface area contributed by atoms with Crippen LogP contribution >= 0.6 is 11.8 Å². The molecular weight excluding hydrogens is 448 g/mol. The average Bonchev–Trinajstić information content (AvgIpc) is 2.75. The summed E-state index contributed by atoms with van der Waals surface area (Å²) in [6.45, 7) is 3.66. The molecular formula is C19H25F2N5O3S2. The van der Waals surface area contributed by atoms with E-state index in [9.17, 15) is 17.2 Å². The van der Waals surface area contributed by atoms with Gasteiger partial charge in [-0.3, -0.25) is 4.72 Å². The van der Waals surface area contributed by atoms with E-state index in [0.29, 0.717) is 19.1 Å². The maximum atomic E-state index is 13.9. The Morgan fingerprint density at radius 3 is 2.68 bits per heavy atom. The minimum absolute atomic E-state index is 0.0443. The molecule has 3 rings (SSSR count). The summed E-state index contributed by atoms with van der Waals surface area (Å²) < 4.78 is 61.8. The number of benzene rings is 1. The van der Waals surface area contributed by atoms with E-state index in [-0.39, 0.29) is 28.2 Å². The Balaban J connectivity index is 1.70. The molecule has 1 saturated heterocycles. The summed E-state index contributed by atoms with van der Waals surface area (Å²) in [5.74, 6) is -1.60. The van der Waals surface area contributed by atoms with Crippen molar-refractivity contribution in [2.75, 3.05) is 31.5 Å². The molecule has 0 atom stereocenters. The van der Waals surface area contributed by atoms with E-state index >= 15 is 0 Å². The van der Waals surface area contributed by atoms with Gasteiger partial charge in [-0.15, -0.1) is 0 Å². The van der Waals surface area contributed by atoms with Gasteiger partial charge < -0.3 is 10.1 Å². The van der Waals surface area contributed by atoms with Crippen molar-refractivity contribution in [2.45, 2.75) is 36.7 Å². The van der Waals surface area contributed by atoms with Gasteiger partial charge in [0.15, 0.2) is 16.8 Å². The number of aromatic nitrogens is 2. The number of piperidine rings is 1. The second-order valence-electron chi connectivity index (χ2n) is 6.92. The molecule has 31 heavy (non-hydrogen) atoms. The van der Waals surface area contributed by atoms with Crippen molar-refractivity contribution in [1.82, 2.24) is 19.6 Å². The van der Waals surface area contributed by atoms with Crippen molar-refractivity contribution in [2.24, 2.45) is 0 Å². The topological polar surface area (TPSA) is 96.5 Å². The summed E-state index contributed by atoms with van der Waals surface area (Å²) in [5.41, 5.74) is 0.155. The Bertz CT molecular complexity index is 1000. The van der Waals surface area contributed by atoms with Crippen LogP contribution in [0.2, 0.25) is 0 Å². The number of nitrogens with zero attached hydrogens (tertiary/aromatic N) is 3. The highest BCUT2D eigenvalue weighted by Crippen LogP contribution is 2.26. The zero-order valence-electron chi connectivity index (χ0n) is 17.3. The van der Waals surface area contributed by atoms with Gasteiger partial charge >= 0.3 is 10.2 Å². The molecule has 0 saturated carbocycles. The van der Waals surface area contributed by atoms with Crippen LogP contribution in [0.5, 0.6) is 5.88 Å². The van der Waals surface area contributed by atoms with Gasteiger partial charge in [-0.05, 0) is 25.5 Å². The number of anilines is 1. The standard InChI is InChI=1S/C19H25F2N5O3S2/c1-3-22-14-7-9-26(10-8-14)31(27,28)25-16-11-17(29-2)24-19(23-16)30-12-13-5-4-6-15(20)18(13)21/h4-6,11,14,22H,3,7-10,12H2,1-2H3,(H,23,24,25). The molecule has 0 radical (unpaired) electrons. The first-order valence-electron chi connectivity index (χ1n) is 9.82. The van der Waals surface area contributed by atoms with Crippen LogP contribution in [0.1, 0.15) is 25.3 Å². The molecule has 8 nitrogen and oxygen atoms in total. The van der Waals surface area contributed by atoms with Gasteiger partial charge in [0, 0.05) is 36.5 Å². The van der Waals surface area contributed by atoms with Crippen LogP contribution in [0.4, 0.5) is 14.6 Å². The number of halogens is 2. The van der Waals surface area contributed by atoms with Gasteiger partial charge in [0.05, 0.1) is 7.11 Å². The van der Waals surface area contributed by atoms with Crippen molar-refractivity contribution in [3.05, 3.63) is 41.5 Å². The smallest absolute Gasteiger partial charge is 0.302 e. The molecule has 0 unspecified atom stereocenters. The third-order valence-corrected chi connectivity index (χ3v) is 7.21. The zero-order chi connectivity index (χ0) is 22.4. The summed E-state index contributed by atoms with van der Waals surface area (Å²) in [4.78, 5) is 8.35. The summed E-state index contributed by atoms with van der Waals surface area (Å²) in [6, 6.07) is 5.60. The average molecular weight is 474 g/mol. The first-order valence-corrected chi connectivity index (χ1v) is 12.2. The van der Waals surface area contributed by atoms with Gasteiger partial charge in [0.2, 0.25) is 5.88 Å². The SMILES string of the molecule is CCNC1CCN(S(=O)(=O)Nc2cc(OC)nc(SCc3cccc(F)c3F)n2)CC1. The van der Waals surface area contributed by atoms with E-state index in [1.54, 1.807) is 0 Å². The molecule has 1 aromatic heterocycles. The van der Waals surface area contributed by atoms with Gasteiger partial charge in [-0.1, -0.05) is 30.8 Å². The van der Waals surface area contributed by atoms with E-state index < -0.39 is 21.8 Å². The van der Waals surface area contributed by atoms with E-state index in [1.807, 2.05) is 6.92 Å². The molecule has 2 N–H and O–H groups in total. The van der Waals surface area contributed by atoms with E-state index in [1.165, 1.54) is 29.6 Å². The normalized spacial score (nSPS) is 15.7. The first kappa shape index (κ1) is 23.6. The van der Waals surface area contributed by atoms with Crippen LogP contribution in [0, 0.1) is 11.6 Å². The third-order valence-electron chi connectivity index (χ3n) is 4.80. The maximum absolute atomic E-state index is 13.9. The number of rotatable bonds is 9. The second kappa shape index (κ2) is 10.5. The second-order valence-corrected chi connectivity index (χ2v) is 9.53. The summed E-state index contributed by atoms with van der Waals surface area (Å²) in [6.07, 6.45) is 1.45. The fourth-order valence-corrected chi connectivity index (χ4v) is 5.23. The lowest BCUT2D eigenvalue weighted by Crippen LogP contribution is -2.46. The van der Waals surface area contributed by atoms with Crippen LogP contribution in [-0.4, -0.2) is 55.5 Å². The molecule has 0 bridgehead atoms. The quantitative estimate of drug-likeness (QED) is 0.427. The van der Waals surface area contributed by atoms with Crippen LogP contribution in [0.3, 0.4) is 0 Å². The van der Waals surface area contributed by atoms with Crippen molar-refractivity contribution in [1.29, 1.82) is 0 Å². The molecule has 2 aromatic rings. The number of hydrogen-bond donors (Lipinski definition) is 2. The van der Waals surface area contributed by atoms with Crippen molar-refractivity contribution in [3.63, 3.8) is 0 Å². The third kappa shape index (κ3) is 6.25. The highest BCUT2D eigenvalue weighted by atomic mass is 32.2. The van der Waals surface area contributed by atoms with Gasteiger partial charge in [0.1, 0.15) is 5.82 Å². The van der Waals surface area contributed by atoms with Gasteiger partial charge in [0.25, 0.3) is 0 Å². The lowest BCUT2D eigenvalue weighted by Gasteiger charge is -2.31. The molecule has 1 aromatic carbocycles. The number of ether oxygens (including phenoxy) is 1. The molecule has 170 valence electrons. The molecule has 12 heteroatoms. The molecule has 0 amide bonds. The predicted octanol–water partition coefficient (Wildman–Crippen LogP) is 2.79. The van der Waals surface area contributed by atoms with Crippen LogP contribution in [0.25, 0.3) is 0 Å². The summed E-state index contributed by atoms with van der Waals surface area (Å²) >= 11 is 1.04. The largest absolute Gasteiger partial charge is 0.481 e. The Labute approximate surface area is 185 Å². The fraction of sp³-hybridized carbons (Fsp3) is 0.474. The van der Waals surface area contributed by atoms with E-state index in [4.69, 9.17) is 4.74 Å². The maximum Gasteiger partial charge on any atom is 0.302 e. The molecule has 1 aliphatic heterocycles.